The van der Waals surface area contributed by atoms with Gasteiger partial charge in [-0.2, -0.15) is 5.10 Å². The van der Waals surface area contributed by atoms with Gasteiger partial charge in [0.05, 0.1) is 6.20 Å². The summed E-state index contributed by atoms with van der Waals surface area (Å²) in [7, 11) is 1.96. The van der Waals surface area contributed by atoms with Crippen LogP contribution in [0.1, 0.15) is 43.0 Å². The van der Waals surface area contributed by atoms with E-state index in [2.05, 4.69) is 41.5 Å². The highest BCUT2D eigenvalue weighted by molar-refractivity contribution is 5.28. The zero-order valence-electron chi connectivity index (χ0n) is 12.6. The molecule has 4 heteroatoms. The van der Waals surface area contributed by atoms with E-state index in [0.29, 0.717) is 6.04 Å². The van der Waals surface area contributed by atoms with E-state index in [-0.39, 0.29) is 0 Å². The van der Waals surface area contributed by atoms with Crippen LogP contribution in [0.4, 0.5) is 0 Å². The standard InChI is InChI=1S/C16H24N4/c1-4-7-18-16(9-13-10-19-20(3)12-13)15-6-8-17-11-14(15)5-2/h6,8,10-12,16,18H,4-5,7,9H2,1-3H3. The van der Waals surface area contributed by atoms with Crippen molar-refractivity contribution in [1.82, 2.24) is 20.1 Å². The first-order chi connectivity index (χ1) is 9.74. The molecule has 2 aromatic rings. The van der Waals surface area contributed by atoms with Crippen molar-refractivity contribution in [3.63, 3.8) is 0 Å². The van der Waals surface area contributed by atoms with Crippen LogP contribution in [0.2, 0.25) is 0 Å². The van der Waals surface area contributed by atoms with Crippen molar-refractivity contribution in [2.24, 2.45) is 7.05 Å². The highest BCUT2D eigenvalue weighted by atomic mass is 15.2. The first-order valence-electron chi connectivity index (χ1n) is 7.38. The maximum Gasteiger partial charge on any atom is 0.0522 e. The van der Waals surface area contributed by atoms with Crippen molar-refractivity contribution in [3.05, 3.63) is 47.5 Å². The Hall–Kier alpha value is -1.68. The second kappa shape index (κ2) is 7.20. The van der Waals surface area contributed by atoms with Crippen molar-refractivity contribution in [3.8, 4) is 0 Å². The molecule has 0 aliphatic carbocycles. The van der Waals surface area contributed by atoms with Gasteiger partial charge in [-0.1, -0.05) is 13.8 Å². The molecule has 0 bridgehead atoms. The highest BCUT2D eigenvalue weighted by Crippen LogP contribution is 2.22. The van der Waals surface area contributed by atoms with Gasteiger partial charge in [-0.15, -0.1) is 0 Å². The molecule has 0 spiro atoms. The Bertz CT molecular complexity index is 533. The molecule has 1 unspecified atom stereocenters. The average Bonchev–Trinajstić information content (AvgIpc) is 2.88. The van der Waals surface area contributed by atoms with E-state index < -0.39 is 0 Å². The fourth-order valence-corrected chi connectivity index (χ4v) is 2.50. The maximum atomic E-state index is 4.26. The fourth-order valence-electron chi connectivity index (χ4n) is 2.50. The number of pyridine rings is 1. The molecule has 20 heavy (non-hydrogen) atoms. The predicted molar refractivity (Wildman–Crippen MR) is 81.6 cm³/mol. The van der Waals surface area contributed by atoms with Crippen LogP contribution in [0.25, 0.3) is 0 Å². The summed E-state index contributed by atoms with van der Waals surface area (Å²) in [5.74, 6) is 0. The summed E-state index contributed by atoms with van der Waals surface area (Å²) >= 11 is 0. The Labute approximate surface area is 121 Å². The van der Waals surface area contributed by atoms with Gasteiger partial charge in [-0.3, -0.25) is 9.67 Å². The molecule has 4 nitrogen and oxygen atoms in total. The molecule has 1 atom stereocenters. The SMILES string of the molecule is CCCNC(Cc1cnn(C)c1)c1ccncc1CC. The van der Waals surface area contributed by atoms with Crippen LogP contribution in [0.15, 0.2) is 30.9 Å². The van der Waals surface area contributed by atoms with Crippen LogP contribution in [0, 0.1) is 0 Å². The first kappa shape index (κ1) is 14.7. The Morgan fingerprint density at radius 1 is 1.30 bits per heavy atom. The van der Waals surface area contributed by atoms with Crippen molar-refractivity contribution in [2.75, 3.05) is 6.54 Å². The minimum absolute atomic E-state index is 0.331. The molecule has 2 aromatic heterocycles. The van der Waals surface area contributed by atoms with Crippen molar-refractivity contribution in [1.29, 1.82) is 0 Å². The number of aromatic nitrogens is 3. The van der Waals surface area contributed by atoms with Gasteiger partial charge in [0.2, 0.25) is 0 Å². The van der Waals surface area contributed by atoms with E-state index in [4.69, 9.17) is 0 Å². The van der Waals surface area contributed by atoms with E-state index in [9.17, 15) is 0 Å². The smallest absolute Gasteiger partial charge is 0.0522 e. The molecule has 0 aliphatic rings. The topological polar surface area (TPSA) is 42.7 Å². The third kappa shape index (κ3) is 3.67. The molecule has 0 aromatic carbocycles. The van der Waals surface area contributed by atoms with Crippen molar-refractivity contribution in [2.45, 2.75) is 39.2 Å². The summed E-state index contributed by atoms with van der Waals surface area (Å²) < 4.78 is 1.86. The Kier molecular flexibility index (Phi) is 5.30. The number of aryl methyl sites for hydroxylation is 2. The Morgan fingerprint density at radius 2 is 2.15 bits per heavy atom. The molecule has 108 valence electrons. The molecule has 0 radical (unpaired) electrons. The van der Waals surface area contributed by atoms with E-state index in [1.807, 2.05) is 30.3 Å². The third-order valence-corrected chi connectivity index (χ3v) is 3.54. The molecular weight excluding hydrogens is 248 g/mol. The third-order valence-electron chi connectivity index (χ3n) is 3.54. The van der Waals surface area contributed by atoms with E-state index in [1.54, 1.807) is 0 Å². The maximum absolute atomic E-state index is 4.26. The lowest BCUT2D eigenvalue weighted by atomic mass is 9.96. The minimum atomic E-state index is 0.331. The summed E-state index contributed by atoms with van der Waals surface area (Å²) in [6, 6.07) is 2.47. The zero-order valence-corrected chi connectivity index (χ0v) is 12.6. The molecule has 0 saturated heterocycles. The lowest BCUT2D eigenvalue weighted by Crippen LogP contribution is -2.25. The summed E-state index contributed by atoms with van der Waals surface area (Å²) in [6.45, 7) is 5.40. The second-order valence-corrected chi connectivity index (χ2v) is 5.16. The van der Waals surface area contributed by atoms with Gasteiger partial charge in [0.25, 0.3) is 0 Å². The number of nitrogens with one attached hydrogen (secondary N) is 1. The van der Waals surface area contributed by atoms with Crippen molar-refractivity contribution < 1.29 is 0 Å². The fraction of sp³-hybridized carbons (Fsp3) is 0.500. The minimum Gasteiger partial charge on any atom is -0.310 e. The second-order valence-electron chi connectivity index (χ2n) is 5.16. The lowest BCUT2D eigenvalue weighted by Gasteiger charge is -2.21. The van der Waals surface area contributed by atoms with Gasteiger partial charge in [0.15, 0.2) is 0 Å². The summed E-state index contributed by atoms with van der Waals surface area (Å²) in [4.78, 5) is 4.25. The highest BCUT2D eigenvalue weighted by Gasteiger charge is 2.15. The average molecular weight is 272 g/mol. The predicted octanol–water partition coefficient (Wildman–Crippen LogP) is 2.66. The molecule has 2 rings (SSSR count). The Morgan fingerprint density at radius 3 is 2.80 bits per heavy atom. The van der Waals surface area contributed by atoms with Gasteiger partial charge >= 0.3 is 0 Å². The summed E-state index contributed by atoms with van der Waals surface area (Å²) in [6.07, 6.45) is 11.0. The molecule has 0 fully saturated rings. The van der Waals surface area contributed by atoms with Gasteiger partial charge in [0.1, 0.15) is 0 Å². The Balaban J connectivity index is 2.22. The summed E-state index contributed by atoms with van der Waals surface area (Å²) in [5.41, 5.74) is 3.95. The van der Waals surface area contributed by atoms with Crippen LogP contribution in [-0.4, -0.2) is 21.3 Å². The van der Waals surface area contributed by atoms with Crippen LogP contribution in [-0.2, 0) is 19.9 Å². The molecule has 1 N–H and O–H groups in total. The van der Waals surface area contributed by atoms with Gasteiger partial charge in [0, 0.05) is 31.7 Å². The van der Waals surface area contributed by atoms with E-state index >= 15 is 0 Å². The normalized spacial score (nSPS) is 12.6. The monoisotopic (exact) mass is 272 g/mol. The number of hydrogen-bond donors (Lipinski definition) is 1. The van der Waals surface area contributed by atoms with Crippen LogP contribution in [0.3, 0.4) is 0 Å². The van der Waals surface area contributed by atoms with Gasteiger partial charge in [-0.25, -0.2) is 0 Å². The number of nitrogens with zero attached hydrogens (tertiary/aromatic N) is 3. The quantitative estimate of drug-likeness (QED) is 0.842. The molecule has 0 saturated carbocycles. The summed E-state index contributed by atoms with van der Waals surface area (Å²) in [5, 5.41) is 7.92. The van der Waals surface area contributed by atoms with E-state index in [1.165, 1.54) is 16.7 Å². The zero-order chi connectivity index (χ0) is 14.4. The van der Waals surface area contributed by atoms with Crippen LogP contribution < -0.4 is 5.32 Å². The number of hydrogen-bond acceptors (Lipinski definition) is 3. The molecule has 2 heterocycles. The first-order valence-corrected chi connectivity index (χ1v) is 7.38. The number of rotatable bonds is 7. The molecule has 0 amide bonds. The van der Waals surface area contributed by atoms with Gasteiger partial charge in [-0.05, 0) is 48.6 Å². The van der Waals surface area contributed by atoms with Gasteiger partial charge < -0.3 is 5.32 Å². The van der Waals surface area contributed by atoms with Crippen LogP contribution in [0.5, 0.6) is 0 Å². The van der Waals surface area contributed by atoms with Crippen LogP contribution >= 0.6 is 0 Å². The lowest BCUT2D eigenvalue weighted by molar-refractivity contribution is 0.525. The van der Waals surface area contributed by atoms with E-state index in [0.717, 1.165) is 25.8 Å². The molecular formula is C16H24N4. The molecule has 0 aliphatic heterocycles. The largest absolute Gasteiger partial charge is 0.310 e. The van der Waals surface area contributed by atoms with Crippen molar-refractivity contribution >= 4 is 0 Å².